The monoisotopic (exact) mass is 475 g/mol. The lowest BCUT2D eigenvalue weighted by Crippen LogP contribution is -2.69. The highest BCUT2D eigenvalue weighted by molar-refractivity contribution is 5.05. The normalized spacial score (nSPS) is 46.5. The van der Waals surface area contributed by atoms with Crippen LogP contribution in [0, 0.1) is 0 Å². The molecule has 2 fully saturated rings. The maximum Gasteiger partial charge on any atom is 0.215 e. The first-order valence-corrected chi connectivity index (χ1v) is 11.6. The largest absolute Gasteiger partial charge is 0.467 e. The molecule has 3 aliphatic rings. The molecular weight excluding hydrogens is 434 g/mol. The van der Waals surface area contributed by atoms with Crippen molar-refractivity contribution in [2.45, 2.75) is 93.5 Å². The molecule has 12 heteroatoms. The molecule has 1 aliphatic carbocycles. The predicted octanol–water partition coefficient (Wildman–Crippen LogP) is -3.20. The van der Waals surface area contributed by atoms with Gasteiger partial charge >= 0.3 is 0 Å². The van der Waals surface area contributed by atoms with E-state index in [9.17, 15) is 15.3 Å². The Labute approximate surface area is 194 Å². The van der Waals surface area contributed by atoms with E-state index in [4.69, 9.17) is 36.1 Å². The van der Waals surface area contributed by atoms with E-state index in [0.717, 1.165) is 0 Å². The number of aliphatic hydroxyl groups excluding tert-OH is 2. The van der Waals surface area contributed by atoms with Gasteiger partial charge in [-0.2, -0.15) is 0 Å². The van der Waals surface area contributed by atoms with E-state index in [0.29, 0.717) is 25.1 Å². The minimum Gasteiger partial charge on any atom is -0.467 e. The van der Waals surface area contributed by atoms with Crippen LogP contribution in [0.15, 0.2) is 11.8 Å². The summed E-state index contributed by atoms with van der Waals surface area (Å²) >= 11 is 0. The number of rotatable bonds is 8. The molecule has 0 aromatic heterocycles. The van der Waals surface area contributed by atoms with Gasteiger partial charge in [-0.05, 0) is 39.4 Å². The summed E-state index contributed by atoms with van der Waals surface area (Å²) in [6.07, 6.45) is -3.05. The first-order chi connectivity index (χ1) is 15.6. The van der Waals surface area contributed by atoms with Gasteiger partial charge in [0.05, 0.1) is 25.2 Å². The molecule has 0 spiro atoms. The van der Waals surface area contributed by atoms with Crippen molar-refractivity contribution in [2.24, 2.45) is 17.2 Å². The number of nitrogens with one attached hydrogen (secondary N) is 2. The molecule has 2 heterocycles. The quantitative estimate of drug-likeness (QED) is 0.175. The first-order valence-electron chi connectivity index (χ1n) is 11.6. The number of hydrogen-bond donors (Lipinski definition) is 8. The summed E-state index contributed by atoms with van der Waals surface area (Å²) in [7, 11) is 1.64. The highest BCUT2D eigenvalue weighted by atomic mass is 16.7. The molecule has 11 atom stereocenters. The third-order valence-electron chi connectivity index (χ3n) is 6.64. The van der Waals surface area contributed by atoms with E-state index in [1.165, 1.54) is 0 Å². The summed E-state index contributed by atoms with van der Waals surface area (Å²) in [6.45, 7) is 4.30. The Morgan fingerprint density at radius 2 is 1.85 bits per heavy atom. The van der Waals surface area contributed by atoms with E-state index in [2.05, 4.69) is 10.6 Å². The smallest absolute Gasteiger partial charge is 0.215 e. The summed E-state index contributed by atoms with van der Waals surface area (Å²) in [5.74, 6) is 0.572. The minimum absolute atomic E-state index is 0.0483. The number of ether oxygens (including phenoxy) is 4. The number of likely N-dealkylation sites (N-methyl/N-ethyl adjacent to an activating group) is 2. The minimum atomic E-state index is -1.28. The molecule has 3 rings (SSSR count). The van der Waals surface area contributed by atoms with Crippen LogP contribution in [-0.2, 0) is 18.9 Å². The van der Waals surface area contributed by atoms with Gasteiger partial charge in [0.25, 0.3) is 0 Å². The third kappa shape index (κ3) is 5.85. The maximum absolute atomic E-state index is 11.3. The zero-order valence-electron chi connectivity index (χ0n) is 19.6. The average Bonchev–Trinajstić information content (AvgIpc) is 2.76. The SMILES string of the molecule is CCNC1C[C@H](N)C(O[C@H]2OC(CN)=CCC2N)C(O)[C@H]1O[C@H]1OC[C@](C)(O)C(NC)C1O. The highest BCUT2D eigenvalue weighted by Crippen LogP contribution is 2.31. The van der Waals surface area contributed by atoms with Gasteiger partial charge < -0.3 is 62.1 Å². The molecule has 12 nitrogen and oxygen atoms in total. The Kier molecular flexibility index (Phi) is 9.08. The van der Waals surface area contributed by atoms with Crippen LogP contribution in [0.2, 0.25) is 0 Å². The van der Waals surface area contributed by atoms with E-state index in [-0.39, 0.29) is 19.2 Å². The molecule has 0 aromatic carbocycles. The summed E-state index contributed by atoms with van der Waals surface area (Å²) in [5, 5.41) is 38.8. The van der Waals surface area contributed by atoms with E-state index in [1.54, 1.807) is 14.0 Å². The van der Waals surface area contributed by atoms with Crippen LogP contribution in [0.3, 0.4) is 0 Å². The fourth-order valence-electron chi connectivity index (χ4n) is 4.86. The Bertz CT molecular complexity index is 669. The molecule has 11 N–H and O–H groups in total. The highest BCUT2D eigenvalue weighted by Gasteiger charge is 2.51. The van der Waals surface area contributed by atoms with Crippen LogP contribution in [0.4, 0.5) is 0 Å². The van der Waals surface area contributed by atoms with Crippen LogP contribution in [0.1, 0.15) is 26.7 Å². The van der Waals surface area contributed by atoms with Crippen molar-refractivity contribution in [1.29, 1.82) is 0 Å². The van der Waals surface area contributed by atoms with E-state index >= 15 is 0 Å². The zero-order valence-corrected chi connectivity index (χ0v) is 19.6. The van der Waals surface area contributed by atoms with Crippen LogP contribution in [-0.4, -0.2) is 109 Å². The number of hydrogen-bond acceptors (Lipinski definition) is 12. The molecule has 0 bridgehead atoms. The summed E-state index contributed by atoms with van der Waals surface area (Å²) in [6, 6.07) is -1.95. The second-order valence-corrected chi connectivity index (χ2v) is 9.31. The molecule has 0 radical (unpaired) electrons. The topological polar surface area (TPSA) is 200 Å². The van der Waals surface area contributed by atoms with Crippen molar-refractivity contribution in [3.05, 3.63) is 11.8 Å². The lowest BCUT2D eigenvalue weighted by atomic mass is 9.83. The lowest BCUT2D eigenvalue weighted by Gasteiger charge is -2.49. The maximum atomic E-state index is 11.3. The molecule has 33 heavy (non-hydrogen) atoms. The molecular formula is C21H41N5O7. The first kappa shape index (κ1) is 26.7. The Balaban J connectivity index is 1.75. The molecule has 0 aromatic rings. The third-order valence-corrected chi connectivity index (χ3v) is 6.64. The van der Waals surface area contributed by atoms with Gasteiger partial charge in [-0.15, -0.1) is 0 Å². The number of aliphatic hydroxyl groups is 3. The molecule has 6 unspecified atom stereocenters. The standard InChI is InChI=1S/C21H41N5O7/c1-4-26-13-7-12(24)16(32-19-11(23)6-5-10(8-22)31-19)14(27)17(13)33-20-15(28)18(25-3)21(2,29)9-30-20/h5,11-20,25-29H,4,6-9,22-24H2,1-3H3/t11?,12-,13?,14?,15?,16?,17-,18?,19+,20+,21-/m0/s1. The molecule has 1 saturated carbocycles. The van der Waals surface area contributed by atoms with Crippen molar-refractivity contribution in [3.8, 4) is 0 Å². The Hall–Kier alpha value is -0.900. The van der Waals surface area contributed by atoms with E-state index < -0.39 is 60.7 Å². The van der Waals surface area contributed by atoms with Crippen LogP contribution < -0.4 is 27.8 Å². The van der Waals surface area contributed by atoms with Gasteiger partial charge in [0, 0.05) is 12.1 Å². The van der Waals surface area contributed by atoms with Crippen molar-refractivity contribution in [1.82, 2.24) is 10.6 Å². The van der Waals surface area contributed by atoms with Gasteiger partial charge in [0.1, 0.15) is 35.8 Å². The van der Waals surface area contributed by atoms with E-state index in [1.807, 2.05) is 13.0 Å². The van der Waals surface area contributed by atoms with Gasteiger partial charge in [0.2, 0.25) is 6.29 Å². The molecule has 0 amide bonds. The molecule has 1 saturated heterocycles. The van der Waals surface area contributed by atoms with Crippen molar-refractivity contribution in [2.75, 3.05) is 26.7 Å². The fraction of sp³-hybridized carbons (Fsp3) is 0.905. The van der Waals surface area contributed by atoms with Gasteiger partial charge in [-0.25, -0.2) is 0 Å². The van der Waals surface area contributed by atoms with Crippen molar-refractivity contribution >= 4 is 0 Å². The number of nitrogens with two attached hydrogens (primary N) is 3. The second-order valence-electron chi connectivity index (χ2n) is 9.31. The van der Waals surface area contributed by atoms with Crippen molar-refractivity contribution in [3.63, 3.8) is 0 Å². The van der Waals surface area contributed by atoms with Crippen LogP contribution in [0.25, 0.3) is 0 Å². The fourth-order valence-corrected chi connectivity index (χ4v) is 4.86. The van der Waals surface area contributed by atoms with Crippen LogP contribution >= 0.6 is 0 Å². The van der Waals surface area contributed by atoms with Gasteiger partial charge in [0.15, 0.2) is 6.29 Å². The summed E-state index contributed by atoms with van der Waals surface area (Å²) in [5.41, 5.74) is 16.9. The average molecular weight is 476 g/mol. The summed E-state index contributed by atoms with van der Waals surface area (Å²) < 4.78 is 23.6. The Morgan fingerprint density at radius 1 is 1.15 bits per heavy atom. The zero-order chi connectivity index (χ0) is 24.3. The summed E-state index contributed by atoms with van der Waals surface area (Å²) in [4.78, 5) is 0. The predicted molar refractivity (Wildman–Crippen MR) is 120 cm³/mol. The van der Waals surface area contributed by atoms with Gasteiger partial charge in [-0.1, -0.05) is 6.92 Å². The molecule has 192 valence electrons. The Morgan fingerprint density at radius 3 is 2.48 bits per heavy atom. The molecule has 2 aliphatic heterocycles. The van der Waals surface area contributed by atoms with Crippen LogP contribution in [0.5, 0.6) is 0 Å². The van der Waals surface area contributed by atoms with Gasteiger partial charge in [-0.3, -0.25) is 0 Å². The second kappa shape index (κ2) is 11.2. The van der Waals surface area contributed by atoms with Crippen molar-refractivity contribution < 1.29 is 34.3 Å². The lowest BCUT2D eigenvalue weighted by molar-refractivity contribution is -0.304.